The lowest BCUT2D eigenvalue weighted by Gasteiger charge is -1.96. The van der Waals surface area contributed by atoms with Gasteiger partial charge in [-0.1, -0.05) is 30.3 Å². The smallest absolute Gasteiger partial charge is 0.373 e. The summed E-state index contributed by atoms with van der Waals surface area (Å²) in [6.07, 6.45) is 1.35. The SMILES string of the molecule is COC(=O)/C(O)=C\c1ccccc1. The standard InChI is InChI=1S/C10H10O3/c1-13-10(12)9(11)7-8-5-3-2-4-6-8/h2-7,11H,1H3/b9-7+. The Labute approximate surface area is 76.3 Å². The van der Waals surface area contributed by atoms with E-state index in [1.165, 1.54) is 13.2 Å². The van der Waals surface area contributed by atoms with Crippen LogP contribution in [0.25, 0.3) is 6.08 Å². The predicted molar refractivity (Wildman–Crippen MR) is 49.1 cm³/mol. The normalized spacial score (nSPS) is 11.0. The van der Waals surface area contributed by atoms with Crippen LogP contribution in [-0.2, 0) is 9.53 Å². The van der Waals surface area contributed by atoms with Crippen LogP contribution in [0.5, 0.6) is 0 Å². The van der Waals surface area contributed by atoms with Gasteiger partial charge in [0.05, 0.1) is 7.11 Å². The fourth-order valence-corrected chi connectivity index (χ4v) is 0.871. The quantitative estimate of drug-likeness (QED) is 0.426. The number of hydrogen-bond donors (Lipinski definition) is 1. The van der Waals surface area contributed by atoms with Gasteiger partial charge >= 0.3 is 5.97 Å². The minimum atomic E-state index is -0.733. The first-order valence-corrected chi connectivity index (χ1v) is 3.78. The van der Waals surface area contributed by atoms with Gasteiger partial charge in [0, 0.05) is 0 Å². The predicted octanol–water partition coefficient (Wildman–Crippen LogP) is 1.76. The van der Waals surface area contributed by atoms with Gasteiger partial charge in [-0.2, -0.15) is 0 Å². The molecule has 0 radical (unpaired) electrons. The second-order valence-corrected chi connectivity index (χ2v) is 2.43. The lowest BCUT2D eigenvalue weighted by atomic mass is 10.2. The van der Waals surface area contributed by atoms with Crippen molar-refractivity contribution >= 4 is 12.0 Å². The molecule has 0 atom stereocenters. The highest BCUT2D eigenvalue weighted by molar-refractivity contribution is 5.90. The second kappa shape index (κ2) is 4.30. The zero-order valence-electron chi connectivity index (χ0n) is 7.23. The van der Waals surface area contributed by atoms with Crippen LogP contribution >= 0.6 is 0 Å². The molecule has 13 heavy (non-hydrogen) atoms. The van der Waals surface area contributed by atoms with Crippen molar-refractivity contribution in [3.05, 3.63) is 41.7 Å². The summed E-state index contributed by atoms with van der Waals surface area (Å²) in [6, 6.07) is 9.04. The van der Waals surface area contributed by atoms with Crippen molar-refractivity contribution in [3.8, 4) is 0 Å². The van der Waals surface area contributed by atoms with Crippen LogP contribution in [0.2, 0.25) is 0 Å². The van der Waals surface area contributed by atoms with E-state index in [2.05, 4.69) is 4.74 Å². The summed E-state index contributed by atoms with van der Waals surface area (Å²) in [5.74, 6) is -1.13. The maximum absolute atomic E-state index is 10.8. The van der Waals surface area contributed by atoms with Crippen molar-refractivity contribution in [2.24, 2.45) is 0 Å². The van der Waals surface area contributed by atoms with E-state index in [9.17, 15) is 4.79 Å². The third kappa shape index (κ3) is 2.63. The molecule has 1 aromatic rings. The highest BCUT2D eigenvalue weighted by atomic mass is 16.5. The Morgan fingerprint density at radius 1 is 1.38 bits per heavy atom. The van der Waals surface area contributed by atoms with Gasteiger partial charge in [0.15, 0.2) is 0 Å². The van der Waals surface area contributed by atoms with E-state index in [4.69, 9.17) is 5.11 Å². The number of aliphatic hydroxyl groups excluding tert-OH is 1. The average Bonchev–Trinajstić information content (AvgIpc) is 2.18. The maximum atomic E-state index is 10.8. The average molecular weight is 178 g/mol. The fourth-order valence-electron chi connectivity index (χ4n) is 0.871. The summed E-state index contributed by atoms with van der Waals surface area (Å²) in [5, 5.41) is 9.16. The number of methoxy groups -OCH3 is 1. The highest BCUT2D eigenvalue weighted by Crippen LogP contribution is 2.04. The molecule has 0 unspecified atom stereocenters. The van der Waals surface area contributed by atoms with Crippen LogP contribution in [0.3, 0.4) is 0 Å². The molecule has 1 rings (SSSR count). The van der Waals surface area contributed by atoms with E-state index in [1.807, 2.05) is 18.2 Å². The maximum Gasteiger partial charge on any atom is 0.373 e. The second-order valence-electron chi connectivity index (χ2n) is 2.43. The molecule has 0 spiro atoms. The van der Waals surface area contributed by atoms with E-state index in [0.717, 1.165) is 5.56 Å². The van der Waals surface area contributed by atoms with Gasteiger partial charge in [-0.15, -0.1) is 0 Å². The van der Waals surface area contributed by atoms with Crippen LogP contribution in [0.1, 0.15) is 5.56 Å². The van der Waals surface area contributed by atoms with Gasteiger partial charge < -0.3 is 9.84 Å². The Balaban J connectivity index is 2.83. The van der Waals surface area contributed by atoms with Gasteiger partial charge in [0.25, 0.3) is 0 Å². The van der Waals surface area contributed by atoms with E-state index in [-0.39, 0.29) is 0 Å². The molecule has 0 aliphatic carbocycles. The molecular weight excluding hydrogens is 168 g/mol. The number of rotatable bonds is 2. The third-order valence-corrected chi connectivity index (χ3v) is 1.50. The summed E-state index contributed by atoms with van der Waals surface area (Å²) >= 11 is 0. The summed E-state index contributed by atoms with van der Waals surface area (Å²) in [7, 11) is 1.22. The number of benzene rings is 1. The minimum Gasteiger partial charge on any atom is -0.502 e. The zero-order valence-corrected chi connectivity index (χ0v) is 7.23. The van der Waals surface area contributed by atoms with Crippen LogP contribution in [0, 0.1) is 0 Å². The molecule has 0 amide bonds. The first-order chi connectivity index (χ1) is 6.24. The van der Waals surface area contributed by atoms with Crippen LogP contribution < -0.4 is 0 Å². The first kappa shape index (κ1) is 9.32. The molecule has 0 aliphatic heterocycles. The molecule has 0 saturated heterocycles. The topological polar surface area (TPSA) is 46.5 Å². The molecule has 0 heterocycles. The Kier molecular flexibility index (Phi) is 3.09. The number of esters is 1. The van der Waals surface area contributed by atoms with Gasteiger partial charge in [0.1, 0.15) is 0 Å². The number of carbonyl (C=O) groups is 1. The largest absolute Gasteiger partial charge is 0.502 e. The molecular formula is C10H10O3. The number of ether oxygens (including phenoxy) is 1. The molecule has 1 aromatic carbocycles. The number of carbonyl (C=O) groups excluding carboxylic acids is 1. The molecule has 0 aromatic heterocycles. The van der Waals surface area contributed by atoms with Crippen LogP contribution in [0.4, 0.5) is 0 Å². The highest BCUT2D eigenvalue weighted by Gasteiger charge is 2.05. The molecule has 0 bridgehead atoms. The monoisotopic (exact) mass is 178 g/mol. The molecule has 0 saturated carbocycles. The Morgan fingerprint density at radius 2 is 2.00 bits per heavy atom. The molecule has 1 N–H and O–H groups in total. The van der Waals surface area contributed by atoms with Crippen molar-refractivity contribution in [3.63, 3.8) is 0 Å². The van der Waals surface area contributed by atoms with E-state index in [1.54, 1.807) is 12.1 Å². The summed E-state index contributed by atoms with van der Waals surface area (Å²) in [4.78, 5) is 10.8. The van der Waals surface area contributed by atoms with Gasteiger partial charge in [0.2, 0.25) is 5.76 Å². The Bertz CT molecular complexity index is 314. The summed E-state index contributed by atoms with van der Waals surface area (Å²) < 4.78 is 4.33. The van der Waals surface area contributed by atoms with Crippen LogP contribution in [-0.4, -0.2) is 18.2 Å². The zero-order chi connectivity index (χ0) is 9.68. The molecule has 0 fully saturated rings. The lowest BCUT2D eigenvalue weighted by molar-refractivity contribution is -0.138. The molecule has 68 valence electrons. The molecule has 3 nitrogen and oxygen atoms in total. The van der Waals surface area contributed by atoms with E-state index >= 15 is 0 Å². The third-order valence-electron chi connectivity index (χ3n) is 1.50. The number of aliphatic hydroxyl groups is 1. The minimum absolute atomic E-state index is 0.395. The Hall–Kier alpha value is -1.77. The fraction of sp³-hybridized carbons (Fsp3) is 0.100. The lowest BCUT2D eigenvalue weighted by Crippen LogP contribution is -2.03. The Morgan fingerprint density at radius 3 is 2.54 bits per heavy atom. The van der Waals surface area contributed by atoms with Crippen molar-refractivity contribution in [2.45, 2.75) is 0 Å². The number of hydrogen-bond acceptors (Lipinski definition) is 3. The van der Waals surface area contributed by atoms with Gasteiger partial charge in [-0.05, 0) is 11.6 Å². The van der Waals surface area contributed by atoms with Crippen molar-refractivity contribution in [1.29, 1.82) is 0 Å². The van der Waals surface area contributed by atoms with Crippen molar-refractivity contribution < 1.29 is 14.6 Å². The molecule has 0 aliphatic rings. The molecule has 3 heteroatoms. The van der Waals surface area contributed by atoms with E-state index < -0.39 is 11.7 Å². The van der Waals surface area contributed by atoms with Gasteiger partial charge in [-0.3, -0.25) is 0 Å². The van der Waals surface area contributed by atoms with E-state index in [0.29, 0.717) is 0 Å². The summed E-state index contributed by atoms with van der Waals surface area (Å²) in [6.45, 7) is 0. The van der Waals surface area contributed by atoms with Crippen molar-refractivity contribution in [1.82, 2.24) is 0 Å². The van der Waals surface area contributed by atoms with Crippen molar-refractivity contribution in [2.75, 3.05) is 7.11 Å². The summed E-state index contributed by atoms with van der Waals surface area (Å²) in [5.41, 5.74) is 0.755. The van der Waals surface area contributed by atoms with Gasteiger partial charge in [-0.25, -0.2) is 4.79 Å². The first-order valence-electron chi connectivity index (χ1n) is 3.78. The van der Waals surface area contributed by atoms with Crippen LogP contribution in [0.15, 0.2) is 36.1 Å².